The lowest BCUT2D eigenvalue weighted by Gasteiger charge is -2.32. The molecule has 1 aliphatic rings. The van der Waals surface area contributed by atoms with Gasteiger partial charge in [-0.3, -0.25) is 9.69 Å². The van der Waals surface area contributed by atoms with E-state index in [0.29, 0.717) is 18.0 Å². The third-order valence-corrected chi connectivity index (χ3v) is 5.17. The minimum Gasteiger partial charge on any atom is -0.495 e. The Hall–Kier alpha value is -2.57. The Morgan fingerprint density at radius 1 is 1.18 bits per heavy atom. The van der Waals surface area contributed by atoms with Gasteiger partial charge in [0.25, 0.3) is 0 Å². The summed E-state index contributed by atoms with van der Waals surface area (Å²) in [4.78, 5) is 17.2. The van der Waals surface area contributed by atoms with E-state index in [0.717, 1.165) is 26.3 Å². The first-order chi connectivity index (χ1) is 13.6. The molecule has 0 spiro atoms. The van der Waals surface area contributed by atoms with Crippen molar-refractivity contribution in [1.29, 1.82) is 0 Å². The van der Waals surface area contributed by atoms with Crippen molar-refractivity contribution in [3.05, 3.63) is 54.1 Å². The summed E-state index contributed by atoms with van der Waals surface area (Å²) in [6.45, 7) is 5.90. The fraction of sp³-hybridized carbons (Fsp3) is 0.409. The molecule has 3 rings (SSSR count). The molecular formula is C22H29N3O3. The normalized spacial score (nSPS) is 15.4. The van der Waals surface area contributed by atoms with E-state index in [1.165, 1.54) is 11.3 Å². The first-order valence-corrected chi connectivity index (χ1v) is 9.65. The van der Waals surface area contributed by atoms with Crippen molar-refractivity contribution >= 4 is 17.3 Å². The number of carbonyl (C=O) groups excluding carboxylic acids is 1. The first kappa shape index (κ1) is 20.2. The maximum atomic E-state index is 12.8. The SMILES string of the molecule is COc1ccccc1NC(=O)[C@H](C)N(C)Cc1ccccc1N1CCOCC1. The Kier molecular flexibility index (Phi) is 6.90. The number of nitrogens with one attached hydrogen (secondary N) is 1. The third kappa shape index (κ3) is 4.82. The Labute approximate surface area is 167 Å². The van der Waals surface area contributed by atoms with Crippen LogP contribution in [0.4, 0.5) is 11.4 Å². The highest BCUT2D eigenvalue weighted by atomic mass is 16.5. The van der Waals surface area contributed by atoms with Crippen LogP contribution in [0, 0.1) is 0 Å². The van der Waals surface area contributed by atoms with Crippen LogP contribution < -0.4 is 15.0 Å². The Balaban J connectivity index is 1.67. The number of morpholine rings is 1. The number of anilines is 2. The van der Waals surface area contributed by atoms with Crippen molar-refractivity contribution in [2.75, 3.05) is 50.7 Å². The van der Waals surface area contributed by atoms with E-state index in [-0.39, 0.29) is 11.9 Å². The van der Waals surface area contributed by atoms with Gasteiger partial charge in [-0.05, 0) is 37.7 Å². The molecule has 0 bridgehead atoms. The Morgan fingerprint density at radius 3 is 2.61 bits per heavy atom. The number of carbonyl (C=O) groups is 1. The zero-order valence-electron chi connectivity index (χ0n) is 16.9. The molecular weight excluding hydrogens is 354 g/mol. The zero-order chi connectivity index (χ0) is 19.9. The lowest BCUT2D eigenvalue weighted by Crippen LogP contribution is -2.40. The van der Waals surface area contributed by atoms with Crippen LogP contribution in [0.2, 0.25) is 0 Å². The molecule has 6 nitrogen and oxygen atoms in total. The molecule has 0 aliphatic carbocycles. The van der Waals surface area contributed by atoms with Crippen molar-refractivity contribution in [1.82, 2.24) is 4.90 Å². The summed E-state index contributed by atoms with van der Waals surface area (Å²) < 4.78 is 10.8. The number of para-hydroxylation sites is 3. The summed E-state index contributed by atoms with van der Waals surface area (Å²) in [7, 11) is 3.58. The van der Waals surface area contributed by atoms with E-state index >= 15 is 0 Å². The van der Waals surface area contributed by atoms with Gasteiger partial charge in [0.05, 0.1) is 32.1 Å². The van der Waals surface area contributed by atoms with Crippen LogP contribution in [-0.2, 0) is 16.1 Å². The van der Waals surface area contributed by atoms with E-state index in [2.05, 4.69) is 33.3 Å². The van der Waals surface area contributed by atoms with Gasteiger partial charge in [-0.25, -0.2) is 0 Å². The smallest absolute Gasteiger partial charge is 0.241 e. The maximum absolute atomic E-state index is 12.8. The van der Waals surface area contributed by atoms with E-state index in [4.69, 9.17) is 9.47 Å². The van der Waals surface area contributed by atoms with Crippen molar-refractivity contribution < 1.29 is 14.3 Å². The van der Waals surface area contributed by atoms with Gasteiger partial charge in [0.2, 0.25) is 5.91 Å². The number of hydrogen-bond acceptors (Lipinski definition) is 5. The number of likely N-dealkylation sites (N-methyl/N-ethyl adjacent to an activating group) is 1. The monoisotopic (exact) mass is 383 g/mol. The molecule has 2 aromatic rings. The molecule has 1 aliphatic heterocycles. The minimum atomic E-state index is -0.289. The zero-order valence-corrected chi connectivity index (χ0v) is 16.9. The second-order valence-corrected chi connectivity index (χ2v) is 7.01. The van der Waals surface area contributed by atoms with Crippen molar-refractivity contribution in [3.63, 3.8) is 0 Å². The second kappa shape index (κ2) is 9.57. The first-order valence-electron chi connectivity index (χ1n) is 9.65. The summed E-state index contributed by atoms with van der Waals surface area (Å²) in [5, 5.41) is 2.97. The second-order valence-electron chi connectivity index (χ2n) is 7.01. The van der Waals surface area contributed by atoms with Gasteiger partial charge in [0.15, 0.2) is 0 Å². The third-order valence-electron chi connectivity index (χ3n) is 5.17. The van der Waals surface area contributed by atoms with E-state index in [9.17, 15) is 4.79 Å². The summed E-state index contributed by atoms with van der Waals surface area (Å²) in [6, 6.07) is 15.5. The molecule has 1 saturated heterocycles. The summed E-state index contributed by atoms with van der Waals surface area (Å²) in [6.07, 6.45) is 0. The Bertz CT molecular complexity index is 790. The van der Waals surface area contributed by atoms with Gasteiger partial charge in [-0.1, -0.05) is 30.3 Å². The van der Waals surface area contributed by atoms with E-state index < -0.39 is 0 Å². The fourth-order valence-corrected chi connectivity index (χ4v) is 3.35. The average molecular weight is 383 g/mol. The molecule has 2 aromatic carbocycles. The maximum Gasteiger partial charge on any atom is 0.241 e. The molecule has 0 saturated carbocycles. The number of rotatable bonds is 7. The minimum absolute atomic E-state index is 0.0594. The molecule has 0 aromatic heterocycles. The van der Waals surface area contributed by atoms with Gasteiger partial charge in [0, 0.05) is 25.3 Å². The van der Waals surface area contributed by atoms with Crippen LogP contribution in [0.3, 0.4) is 0 Å². The standard InChI is InChI=1S/C22H29N3O3/c1-17(22(26)23-19-9-5-7-11-21(19)27-3)24(2)16-18-8-4-6-10-20(18)25-12-14-28-15-13-25/h4-11,17H,12-16H2,1-3H3,(H,23,26)/t17-/m0/s1. The molecule has 6 heteroatoms. The molecule has 1 amide bonds. The molecule has 28 heavy (non-hydrogen) atoms. The fourth-order valence-electron chi connectivity index (χ4n) is 3.35. The van der Waals surface area contributed by atoms with Gasteiger partial charge >= 0.3 is 0 Å². The van der Waals surface area contributed by atoms with Crippen molar-refractivity contribution in [3.8, 4) is 5.75 Å². The largest absolute Gasteiger partial charge is 0.495 e. The number of ether oxygens (including phenoxy) is 2. The number of hydrogen-bond donors (Lipinski definition) is 1. The van der Waals surface area contributed by atoms with Crippen molar-refractivity contribution in [2.45, 2.75) is 19.5 Å². The quantitative estimate of drug-likeness (QED) is 0.797. The topological polar surface area (TPSA) is 54.0 Å². The van der Waals surface area contributed by atoms with E-state index in [1.807, 2.05) is 44.3 Å². The van der Waals surface area contributed by atoms with Crippen molar-refractivity contribution in [2.24, 2.45) is 0 Å². The van der Waals surface area contributed by atoms with Crippen LogP contribution in [0.15, 0.2) is 48.5 Å². The molecule has 150 valence electrons. The molecule has 1 fully saturated rings. The molecule has 1 N–H and O–H groups in total. The molecule has 0 radical (unpaired) electrons. The van der Waals surface area contributed by atoms with Gasteiger partial charge in [-0.15, -0.1) is 0 Å². The highest BCUT2D eigenvalue weighted by Gasteiger charge is 2.21. The lowest BCUT2D eigenvalue weighted by molar-refractivity contribution is -0.120. The van der Waals surface area contributed by atoms with E-state index in [1.54, 1.807) is 7.11 Å². The predicted molar refractivity (Wildman–Crippen MR) is 112 cm³/mol. The summed E-state index contributed by atoms with van der Waals surface area (Å²) >= 11 is 0. The van der Waals surface area contributed by atoms with Crippen LogP contribution in [-0.4, -0.2) is 57.3 Å². The van der Waals surface area contributed by atoms with Crippen LogP contribution in [0.1, 0.15) is 12.5 Å². The Morgan fingerprint density at radius 2 is 1.86 bits per heavy atom. The highest BCUT2D eigenvalue weighted by molar-refractivity contribution is 5.95. The number of nitrogens with zero attached hydrogens (tertiary/aromatic N) is 2. The lowest BCUT2D eigenvalue weighted by atomic mass is 10.1. The highest BCUT2D eigenvalue weighted by Crippen LogP contribution is 2.25. The summed E-state index contributed by atoms with van der Waals surface area (Å²) in [5.74, 6) is 0.596. The summed E-state index contributed by atoms with van der Waals surface area (Å²) in [5.41, 5.74) is 3.11. The average Bonchev–Trinajstić information content (AvgIpc) is 2.74. The van der Waals surface area contributed by atoms with Gasteiger partial charge in [-0.2, -0.15) is 0 Å². The molecule has 1 heterocycles. The van der Waals surface area contributed by atoms with Crippen LogP contribution in [0.5, 0.6) is 5.75 Å². The van der Waals surface area contributed by atoms with Gasteiger partial charge in [0.1, 0.15) is 5.75 Å². The number of methoxy groups -OCH3 is 1. The van der Waals surface area contributed by atoms with Crippen LogP contribution in [0.25, 0.3) is 0 Å². The number of benzene rings is 2. The van der Waals surface area contributed by atoms with Gasteiger partial charge < -0.3 is 19.7 Å². The molecule has 0 unspecified atom stereocenters. The predicted octanol–water partition coefficient (Wildman–Crippen LogP) is 2.99. The number of amides is 1. The van der Waals surface area contributed by atoms with Crippen LogP contribution >= 0.6 is 0 Å². The molecule has 1 atom stereocenters.